The first-order valence-corrected chi connectivity index (χ1v) is 3.00. The number of carbonyl (C=O) groups is 1. The van der Waals surface area contributed by atoms with E-state index >= 15 is 0 Å². The zero-order chi connectivity index (χ0) is 8.15. The molecule has 0 aromatic heterocycles. The first kappa shape index (κ1) is 9.35. The van der Waals surface area contributed by atoms with Crippen LogP contribution < -0.4 is 17.2 Å². The van der Waals surface area contributed by atoms with Gasteiger partial charge in [0, 0.05) is 6.04 Å². The topological polar surface area (TPSA) is 90.4 Å². The highest BCUT2D eigenvalue weighted by Crippen LogP contribution is 2.01. The largest absolute Gasteiger partial charge is 0.373 e. The highest BCUT2D eigenvalue weighted by Gasteiger charge is 2.19. The Labute approximate surface area is 59.6 Å². The molecule has 10 heavy (non-hydrogen) atoms. The van der Waals surface area contributed by atoms with Crippen molar-refractivity contribution in [3.8, 4) is 0 Å². The van der Waals surface area contributed by atoms with E-state index in [-0.39, 0.29) is 12.0 Å². The smallest absolute Gasteiger partial charge is 0.328 e. The van der Waals surface area contributed by atoms with Gasteiger partial charge in [0.25, 0.3) is 0 Å². The molecule has 0 aromatic carbocycles. The van der Waals surface area contributed by atoms with Gasteiger partial charge in [-0.1, -0.05) is 6.92 Å². The van der Waals surface area contributed by atoms with Crippen molar-refractivity contribution >= 4 is 5.97 Å². The van der Waals surface area contributed by atoms with Gasteiger partial charge in [0.1, 0.15) is 0 Å². The molecule has 0 saturated heterocycles. The van der Waals surface area contributed by atoms with Gasteiger partial charge < -0.3 is 4.84 Å². The van der Waals surface area contributed by atoms with Gasteiger partial charge in [0.2, 0.25) is 0 Å². The third-order valence-corrected chi connectivity index (χ3v) is 1.50. The highest BCUT2D eigenvalue weighted by molar-refractivity contribution is 5.72. The molecular formula is C5H13N3O2. The Morgan fingerprint density at radius 2 is 2.10 bits per heavy atom. The Hall–Kier alpha value is -0.650. The minimum absolute atomic E-state index is 0.129. The number of hydrogen-bond acceptors (Lipinski definition) is 5. The standard InChI is InChI=1S/C5H13N3O2/c1-3(4(2)8-6)5(9)10-7/h3-4,8H,6-7H2,1-2H3. The van der Waals surface area contributed by atoms with E-state index in [1.54, 1.807) is 13.8 Å². The van der Waals surface area contributed by atoms with Gasteiger partial charge in [-0.3, -0.25) is 16.1 Å². The second-order valence-electron chi connectivity index (χ2n) is 2.18. The van der Waals surface area contributed by atoms with Gasteiger partial charge in [-0.25, -0.2) is 0 Å². The summed E-state index contributed by atoms with van der Waals surface area (Å²) in [6.07, 6.45) is 0. The van der Waals surface area contributed by atoms with Gasteiger partial charge in [-0.15, -0.1) is 0 Å². The molecule has 0 aliphatic carbocycles. The van der Waals surface area contributed by atoms with Crippen LogP contribution in [0.2, 0.25) is 0 Å². The maximum atomic E-state index is 10.7. The molecule has 2 unspecified atom stereocenters. The molecule has 0 spiro atoms. The number of nitrogens with two attached hydrogens (primary N) is 2. The number of carbonyl (C=O) groups excluding carboxylic acids is 1. The van der Waals surface area contributed by atoms with Gasteiger partial charge >= 0.3 is 5.97 Å². The average Bonchev–Trinajstić information content (AvgIpc) is 2.00. The van der Waals surface area contributed by atoms with Crippen LogP contribution in [0.4, 0.5) is 0 Å². The molecule has 2 atom stereocenters. The summed E-state index contributed by atoms with van der Waals surface area (Å²) in [6.45, 7) is 3.45. The molecule has 0 aliphatic rings. The van der Waals surface area contributed by atoms with Crippen LogP contribution in [0.15, 0.2) is 0 Å². The van der Waals surface area contributed by atoms with Crippen LogP contribution in [0.1, 0.15) is 13.8 Å². The lowest BCUT2D eigenvalue weighted by Crippen LogP contribution is -2.41. The van der Waals surface area contributed by atoms with E-state index < -0.39 is 5.97 Å². The van der Waals surface area contributed by atoms with Crippen LogP contribution in [0.25, 0.3) is 0 Å². The summed E-state index contributed by atoms with van der Waals surface area (Å²) >= 11 is 0. The lowest BCUT2D eigenvalue weighted by molar-refractivity contribution is -0.149. The van der Waals surface area contributed by atoms with Crippen LogP contribution in [0.5, 0.6) is 0 Å². The van der Waals surface area contributed by atoms with Gasteiger partial charge in [-0.2, -0.15) is 5.90 Å². The van der Waals surface area contributed by atoms with Crippen LogP contribution in [0.3, 0.4) is 0 Å². The summed E-state index contributed by atoms with van der Waals surface area (Å²) in [5, 5.41) is 0. The second kappa shape index (κ2) is 4.21. The van der Waals surface area contributed by atoms with Crippen molar-refractivity contribution in [2.24, 2.45) is 17.7 Å². The fourth-order valence-electron chi connectivity index (χ4n) is 0.456. The maximum Gasteiger partial charge on any atom is 0.328 e. The van der Waals surface area contributed by atoms with Crippen LogP contribution in [-0.4, -0.2) is 12.0 Å². The highest BCUT2D eigenvalue weighted by atomic mass is 16.7. The predicted molar refractivity (Wildman–Crippen MR) is 36.2 cm³/mol. The minimum Gasteiger partial charge on any atom is -0.373 e. The van der Waals surface area contributed by atoms with Crippen molar-refractivity contribution in [1.29, 1.82) is 0 Å². The maximum absolute atomic E-state index is 10.7. The van der Waals surface area contributed by atoms with E-state index in [9.17, 15) is 4.79 Å². The van der Waals surface area contributed by atoms with Crippen molar-refractivity contribution in [3.05, 3.63) is 0 Å². The summed E-state index contributed by atoms with van der Waals surface area (Å²) < 4.78 is 0. The molecule has 5 N–H and O–H groups in total. The van der Waals surface area contributed by atoms with E-state index in [0.29, 0.717) is 0 Å². The molecule has 0 rings (SSSR count). The van der Waals surface area contributed by atoms with Gasteiger partial charge in [0.05, 0.1) is 5.92 Å². The Kier molecular flexibility index (Phi) is 3.94. The zero-order valence-corrected chi connectivity index (χ0v) is 6.13. The summed E-state index contributed by atoms with van der Waals surface area (Å²) in [4.78, 5) is 14.7. The molecule has 0 bridgehead atoms. The zero-order valence-electron chi connectivity index (χ0n) is 6.13. The monoisotopic (exact) mass is 147 g/mol. The van der Waals surface area contributed by atoms with Crippen LogP contribution >= 0.6 is 0 Å². The summed E-state index contributed by atoms with van der Waals surface area (Å²) in [6, 6.07) is -0.129. The number of rotatable bonds is 3. The van der Waals surface area contributed by atoms with Crippen molar-refractivity contribution in [3.63, 3.8) is 0 Å². The normalized spacial score (nSPS) is 16.0. The average molecular weight is 147 g/mol. The fraction of sp³-hybridized carbons (Fsp3) is 0.800. The van der Waals surface area contributed by atoms with Gasteiger partial charge in [0.15, 0.2) is 0 Å². The van der Waals surface area contributed by atoms with E-state index in [2.05, 4.69) is 16.2 Å². The van der Waals surface area contributed by atoms with Crippen molar-refractivity contribution in [2.75, 3.05) is 0 Å². The lowest BCUT2D eigenvalue weighted by atomic mass is 10.1. The van der Waals surface area contributed by atoms with E-state index in [1.807, 2.05) is 0 Å². The summed E-state index contributed by atoms with van der Waals surface area (Å²) in [5.41, 5.74) is 2.42. The molecule has 5 heteroatoms. The summed E-state index contributed by atoms with van der Waals surface area (Å²) in [5.74, 6) is 8.92. The summed E-state index contributed by atoms with van der Waals surface area (Å²) in [7, 11) is 0. The number of hydrazine groups is 1. The molecule has 60 valence electrons. The fourth-order valence-corrected chi connectivity index (χ4v) is 0.456. The second-order valence-corrected chi connectivity index (χ2v) is 2.18. The molecule has 0 heterocycles. The number of hydrogen-bond donors (Lipinski definition) is 3. The molecule has 0 aliphatic heterocycles. The number of nitrogens with one attached hydrogen (secondary N) is 1. The van der Waals surface area contributed by atoms with E-state index in [1.165, 1.54) is 0 Å². The molecule has 0 saturated carbocycles. The molecule has 0 radical (unpaired) electrons. The third kappa shape index (κ3) is 2.30. The lowest BCUT2D eigenvalue weighted by Gasteiger charge is -2.14. The Morgan fingerprint density at radius 1 is 1.60 bits per heavy atom. The SMILES string of the molecule is CC(NN)C(C)C(=O)ON. The Morgan fingerprint density at radius 3 is 2.40 bits per heavy atom. The predicted octanol–water partition coefficient (Wildman–Crippen LogP) is -1.11. The van der Waals surface area contributed by atoms with Crippen molar-refractivity contribution in [2.45, 2.75) is 19.9 Å². The molecule has 0 fully saturated rings. The van der Waals surface area contributed by atoms with Crippen molar-refractivity contribution < 1.29 is 9.63 Å². The van der Waals surface area contributed by atoms with Crippen LogP contribution in [0, 0.1) is 5.92 Å². The molecule has 0 amide bonds. The van der Waals surface area contributed by atoms with E-state index in [0.717, 1.165) is 0 Å². The van der Waals surface area contributed by atoms with Gasteiger partial charge in [-0.05, 0) is 6.92 Å². The third-order valence-electron chi connectivity index (χ3n) is 1.50. The quantitative estimate of drug-likeness (QED) is 0.348. The first-order chi connectivity index (χ1) is 4.63. The molecular weight excluding hydrogens is 134 g/mol. The molecule has 5 nitrogen and oxygen atoms in total. The van der Waals surface area contributed by atoms with Crippen molar-refractivity contribution in [1.82, 2.24) is 5.43 Å². The van der Waals surface area contributed by atoms with E-state index in [4.69, 9.17) is 5.84 Å². The Balaban J connectivity index is 3.81. The molecule has 0 aromatic rings. The Bertz CT molecular complexity index is 117. The minimum atomic E-state index is -0.467. The first-order valence-electron chi connectivity index (χ1n) is 3.00. The van der Waals surface area contributed by atoms with Crippen LogP contribution in [-0.2, 0) is 9.63 Å².